The second-order valence-corrected chi connectivity index (χ2v) is 4.15. The summed E-state index contributed by atoms with van der Waals surface area (Å²) in [5.74, 6) is 0.781. The third-order valence-electron chi connectivity index (χ3n) is 2.80. The Bertz CT molecular complexity index is 530. The van der Waals surface area contributed by atoms with Crippen LogP contribution < -0.4 is 11.1 Å². The van der Waals surface area contributed by atoms with E-state index in [-0.39, 0.29) is 6.61 Å². The van der Waals surface area contributed by atoms with Gasteiger partial charge >= 0.3 is 0 Å². The number of benzene rings is 1. The Morgan fingerprint density at radius 3 is 2.72 bits per heavy atom. The molecule has 5 nitrogen and oxygen atoms in total. The zero-order chi connectivity index (χ0) is 13.1. The second kappa shape index (κ2) is 5.10. The van der Waals surface area contributed by atoms with E-state index < -0.39 is 0 Å². The van der Waals surface area contributed by atoms with Crippen molar-refractivity contribution in [2.24, 2.45) is 0 Å². The van der Waals surface area contributed by atoms with Crippen LogP contribution in [0.4, 0.5) is 11.4 Å². The highest BCUT2D eigenvalue weighted by molar-refractivity contribution is 5.77. The first-order chi connectivity index (χ1) is 8.63. The van der Waals surface area contributed by atoms with E-state index in [4.69, 9.17) is 15.4 Å². The van der Waals surface area contributed by atoms with Gasteiger partial charge in [-0.2, -0.15) is 0 Å². The molecule has 0 saturated carbocycles. The molecule has 2 aromatic rings. The van der Waals surface area contributed by atoms with Gasteiger partial charge in [-0.25, -0.2) is 0 Å². The van der Waals surface area contributed by atoms with E-state index in [2.05, 4.69) is 10.5 Å². The predicted molar refractivity (Wildman–Crippen MR) is 71.4 cm³/mol. The molecule has 1 heterocycles. The van der Waals surface area contributed by atoms with E-state index in [9.17, 15) is 0 Å². The van der Waals surface area contributed by atoms with Crippen molar-refractivity contribution in [3.63, 3.8) is 0 Å². The predicted octanol–water partition coefficient (Wildman–Crippen LogP) is 1.94. The van der Waals surface area contributed by atoms with Gasteiger partial charge in [-0.05, 0) is 31.5 Å². The molecule has 0 unspecified atom stereocenters. The third kappa shape index (κ3) is 2.31. The summed E-state index contributed by atoms with van der Waals surface area (Å²) >= 11 is 0. The van der Waals surface area contributed by atoms with Gasteiger partial charge in [-0.3, -0.25) is 0 Å². The topological polar surface area (TPSA) is 84.3 Å². The lowest BCUT2D eigenvalue weighted by Gasteiger charge is -2.09. The number of nitrogens with two attached hydrogens (primary N) is 1. The van der Waals surface area contributed by atoms with E-state index in [1.54, 1.807) is 0 Å². The Morgan fingerprint density at radius 1 is 1.39 bits per heavy atom. The van der Waals surface area contributed by atoms with E-state index in [0.717, 1.165) is 28.3 Å². The maximum absolute atomic E-state index is 8.77. The Balaban J connectivity index is 2.34. The fourth-order valence-electron chi connectivity index (χ4n) is 1.96. The van der Waals surface area contributed by atoms with Crippen LogP contribution in [0.1, 0.15) is 11.5 Å². The molecule has 4 N–H and O–H groups in total. The van der Waals surface area contributed by atoms with Crippen molar-refractivity contribution < 1.29 is 9.63 Å². The first-order valence-electron chi connectivity index (χ1n) is 5.81. The number of nitrogen functional groups attached to an aromatic ring is 1. The monoisotopic (exact) mass is 247 g/mol. The van der Waals surface area contributed by atoms with Crippen LogP contribution in [0.3, 0.4) is 0 Å². The van der Waals surface area contributed by atoms with Gasteiger partial charge in [-0.1, -0.05) is 11.2 Å². The Hall–Kier alpha value is -2.01. The number of aliphatic hydroxyl groups excluding tert-OH is 1. The minimum Gasteiger partial charge on any atom is -0.397 e. The lowest BCUT2D eigenvalue weighted by atomic mass is 10.0. The van der Waals surface area contributed by atoms with Gasteiger partial charge in [0.25, 0.3) is 0 Å². The third-order valence-corrected chi connectivity index (χ3v) is 2.80. The first-order valence-corrected chi connectivity index (χ1v) is 5.81. The SMILES string of the molecule is Cc1noc(C)c1-c1ccc(NCCO)c(N)c1. The van der Waals surface area contributed by atoms with E-state index >= 15 is 0 Å². The zero-order valence-electron chi connectivity index (χ0n) is 10.5. The Kier molecular flexibility index (Phi) is 3.53. The summed E-state index contributed by atoms with van der Waals surface area (Å²) < 4.78 is 5.15. The molecule has 0 bridgehead atoms. The van der Waals surface area contributed by atoms with Crippen LogP contribution in [0.15, 0.2) is 22.7 Å². The first kappa shape index (κ1) is 12.4. The summed E-state index contributed by atoms with van der Waals surface area (Å²) in [6.45, 7) is 4.34. The molecular formula is C13H17N3O2. The molecule has 18 heavy (non-hydrogen) atoms. The van der Waals surface area contributed by atoms with Crippen LogP contribution in [0.25, 0.3) is 11.1 Å². The Labute approximate surface area is 106 Å². The molecule has 1 aromatic heterocycles. The number of hydrogen-bond donors (Lipinski definition) is 3. The quantitative estimate of drug-likeness (QED) is 0.719. The number of aromatic nitrogens is 1. The van der Waals surface area contributed by atoms with Gasteiger partial charge in [0.15, 0.2) is 0 Å². The normalized spacial score (nSPS) is 10.6. The van der Waals surface area contributed by atoms with Crippen molar-refractivity contribution in [3.8, 4) is 11.1 Å². The van der Waals surface area contributed by atoms with Crippen LogP contribution in [0, 0.1) is 13.8 Å². The molecule has 5 heteroatoms. The maximum atomic E-state index is 8.77. The van der Waals surface area contributed by atoms with Crippen molar-refractivity contribution in [1.82, 2.24) is 5.16 Å². The van der Waals surface area contributed by atoms with Crippen molar-refractivity contribution in [3.05, 3.63) is 29.7 Å². The van der Waals surface area contributed by atoms with Gasteiger partial charge in [0.2, 0.25) is 0 Å². The molecule has 0 atom stereocenters. The maximum Gasteiger partial charge on any atom is 0.141 e. The molecule has 0 aliphatic carbocycles. The summed E-state index contributed by atoms with van der Waals surface area (Å²) in [5.41, 5.74) is 10.2. The second-order valence-electron chi connectivity index (χ2n) is 4.15. The number of anilines is 2. The minimum absolute atomic E-state index is 0.0745. The molecular weight excluding hydrogens is 230 g/mol. The highest BCUT2D eigenvalue weighted by Gasteiger charge is 2.12. The largest absolute Gasteiger partial charge is 0.397 e. The fraction of sp³-hybridized carbons (Fsp3) is 0.308. The lowest BCUT2D eigenvalue weighted by Crippen LogP contribution is -2.07. The number of aliphatic hydroxyl groups is 1. The van der Waals surface area contributed by atoms with Crippen molar-refractivity contribution in [2.75, 3.05) is 24.2 Å². The summed E-state index contributed by atoms with van der Waals surface area (Å²) in [6, 6.07) is 5.74. The Morgan fingerprint density at radius 2 is 2.17 bits per heavy atom. The summed E-state index contributed by atoms with van der Waals surface area (Å²) in [7, 11) is 0. The van der Waals surface area contributed by atoms with Crippen LogP contribution in [-0.2, 0) is 0 Å². The smallest absolute Gasteiger partial charge is 0.141 e. The van der Waals surface area contributed by atoms with Gasteiger partial charge in [0, 0.05) is 12.1 Å². The molecule has 96 valence electrons. The van der Waals surface area contributed by atoms with E-state index in [0.29, 0.717) is 12.2 Å². The van der Waals surface area contributed by atoms with Crippen LogP contribution in [0.5, 0.6) is 0 Å². The molecule has 0 aliphatic rings. The van der Waals surface area contributed by atoms with Crippen molar-refractivity contribution in [1.29, 1.82) is 0 Å². The molecule has 0 fully saturated rings. The number of nitrogens with one attached hydrogen (secondary N) is 1. The van der Waals surface area contributed by atoms with Gasteiger partial charge < -0.3 is 20.7 Å². The van der Waals surface area contributed by atoms with Crippen LogP contribution in [-0.4, -0.2) is 23.4 Å². The van der Waals surface area contributed by atoms with E-state index in [1.807, 2.05) is 32.0 Å². The van der Waals surface area contributed by atoms with Crippen molar-refractivity contribution >= 4 is 11.4 Å². The average Bonchev–Trinajstić information content (AvgIpc) is 2.68. The molecule has 0 amide bonds. The standard InChI is InChI=1S/C13H17N3O2/c1-8-13(9(2)18-16-8)10-3-4-12(11(14)7-10)15-5-6-17/h3-4,7,15,17H,5-6,14H2,1-2H3. The molecule has 0 radical (unpaired) electrons. The van der Waals surface area contributed by atoms with Crippen LogP contribution in [0.2, 0.25) is 0 Å². The molecule has 0 aliphatic heterocycles. The highest BCUT2D eigenvalue weighted by atomic mass is 16.5. The summed E-state index contributed by atoms with van der Waals surface area (Å²) in [6.07, 6.45) is 0. The molecule has 2 rings (SSSR count). The minimum atomic E-state index is 0.0745. The highest BCUT2D eigenvalue weighted by Crippen LogP contribution is 2.31. The number of rotatable bonds is 4. The van der Waals surface area contributed by atoms with Gasteiger partial charge in [0.1, 0.15) is 5.76 Å². The summed E-state index contributed by atoms with van der Waals surface area (Å²) in [4.78, 5) is 0. The zero-order valence-corrected chi connectivity index (χ0v) is 10.5. The number of nitrogens with zero attached hydrogens (tertiary/aromatic N) is 1. The average molecular weight is 247 g/mol. The van der Waals surface area contributed by atoms with Crippen molar-refractivity contribution in [2.45, 2.75) is 13.8 Å². The van der Waals surface area contributed by atoms with Gasteiger partial charge in [-0.15, -0.1) is 0 Å². The summed E-state index contributed by atoms with van der Waals surface area (Å²) in [5, 5.41) is 15.8. The molecule has 1 aromatic carbocycles. The lowest BCUT2D eigenvalue weighted by molar-refractivity contribution is 0.311. The molecule has 0 spiro atoms. The molecule has 0 saturated heterocycles. The number of hydrogen-bond acceptors (Lipinski definition) is 5. The number of aryl methyl sites for hydroxylation is 2. The van der Waals surface area contributed by atoms with Gasteiger partial charge in [0.05, 0.1) is 23.7 Å². The van der Waals surface area contributed by atoms with Crippen LogP contribution >= 0.6 is 0 Å². The van der Waals surface area contributed by atoms with E-state index in [1.165, 1.54) is 0 Å². The fourth-order valence-corrected chi connectivity index (χ4v) is 1.96.